The molecule has 0 spiro atoms. The molecule has 0 bridgehead atoms. The molecule has 0 saturated carbocycles. The highest BCUT2D eigenvalue weighted by molar-refractivity contribution is 8.15. The van der Waals surface area contributed by atoms with Gasteiger partial charge in [-0.3, -0.25) is 14.9 Å². The van der Waals surface area contributed by atoms with Crippen molar-refractivity contribution in [3.8, 4) is 16.9 Å². The molecule has 1 aliphatic heterocycles. The van der Waals surface area contributed by atoms with Crippen LogP contribution >= 0.6 is 11.8 Å². The molecule has 1 saturated heterocycles. The van der Waals surface area contributed by atoms with Crippen molar-refractivity contribution in [2.75, 3.05) is 0 Å². The molecule has 2 N–H and O–H groups in total. The van der Waals surface area contributed by atoms with Gasteiger partial charge in [-0.2, -0.15) is 0 Å². The molecule has 3 amide bonds. The number of carbonyl (C=O) groups is 3. The zero-order valence-electron chi connectivity index (χ0n) is 16.5. The topological polar surface area (TPSA) is 84.5 Å². The fraction of sp³-hybridized carbons (Fsp3) is 0.125. The summed E-state index contributed by atoms with van der Waals surface area (Å²) < 4.78 is 5.23. The zero-order valence-corrected chi connectivity index (χ0v) is 17.4. The molecule has 0 aromatic heterocycles. The fourth-order valence-electron chi connectivity index (χ4n) is 3.24. The summed E-state index contributed by atoms with van der Waals surface area (Å²) in [6.07, 6.45) is 0.00368. The second-order valence-corrected chi connectivity index (χ2v) is 8.22. The predicted molar refractivity (Wildman–Crippen MR) is 120 cm³/mol. The molecule has 1 heterocycles. The van der Waals surface area contributed by atoms with Crippen LogP contribution in [0.3, 0.4) is 0 Å². The van der Waals surface area contributed by atoms with Gasteiger partial charge in [0.05, 0.1) is 5.25 Å². The van der Waals surface area contributed by atoms with Gasteiger partial charge in [0, 0.05) is 6.54 Å². The van der Waals surface area contributed by atoms with Gasteiger partial charge < -0.3 is 10.1 Å². The first-order valence-corrected chi connectivity index (χ1v) is 10.7. The lowest BCUT2D eigenvalue weighted by Gasteiger charge is -2.09. The number of para-hydroxylation sites is 1. The van der Waals surface area contributed by atoms with E-state index in [-0.39, 0.29) is 16.4 Å². The van der Waals surface area contributed by atoms with E-state index in [1.54, 1.807) is 24.3 Å². The summed E-state index contributed by atoms with van der Waals surface area (Å²) in [7, 11) is 0. The van der Waals surface area contributed by atoms with Crippen LogP contribution in [0, 0.1) is 0 Å². The van der Waals surface area contributed by atoms with E-state index in [4.69, 9.17) is 4.74 Å². The molecule has 3 aromatic carbocycles. The minimum atomic E-state index is -0.506. The van der Waals surface area contributed by atoms with Gasteiger partial charge >= 0.3 is 6.09 Å². The Morgan fingerprint density at radius 1 is 0.903 bits per heavy atom. The van der Waals surface area contributed by atoms with Crippen molar-refractivity contribution < 1.29 is 19.1 Å². The van der Waals surface area contributed by atoms with Crippen molar-refractivity contribution in [1.29, 1.82) is 0 Å². The van der Waals surface area contributed by atoms with Crippen molar-refractivity contribution in [3.05, 3.63) is 90.0 Å². The largest absolute Gasteiger partial charge is 0.412 e. The first kappa shape index (κ1) is 20.7. The maximum absolute atomic E-state index is 12.0. The molecular weight excluding hydrogens is 412 g/mol. The molecule has 0 radical (unpaired) electrons. The Balaban J connectivity index is 1.36. The maximum Gasteiger partial charge on any atom is 0.412 e. The lowest BCUT2D eigenvalue weighted by molar-refractivity contribution is -0.118. The summed E-state index contributed by atoms with van der Waals surface area (Å²) >= 11 is 1.03. The zero-order chi connectivity index (χ0) is 21.6. The summed E-state index contributed by atoms with van der Waals surface area (Å²) in [5.41, 5.74) is 3.99. The second kappa shape index (κ2) is 9.49. The number of amides is 3. The molecule has 3 aromatic rings. The molecule has 0 aliphatic carbocycles. The average Bonchev–Trinajstić information content (AvgIpc) is 3.10. The molecule has 7 heteroatoms. The summed E-state index contributed by atoms with van der Waals surface area (Å²) in [6.45, 7) is 0.347. The number of rotatable bonds is 6. The highest BCUT2D eigenvalue weighted by atomic mass is 32.2. The van der Waals surface area contributed by atoms with E-state index in [9.17, 15) is 14.4 Å². The SMILES string of the molecule is O=C(NCc1cccc(-c2ccc(CC3SC(=O)NC3=O)cc2)c1)Oc1ccccc1. The number of ether oxygens (including phenoxy) is 1. The van der Waals surface area contributed by atoms with E-state index in [2.05, 4.69) is 10.6 Å². The van der Waals surface area contributed by atoms with Crippen LogP contribution in [-0.2, 0) is 17.8 Å². The summed E-state index contributed by atoms with van der Waals surface area (Å²) in [5, 5.41) is 4.41. The van der Waals surface area contributed by atoms with Crippen LogP contribution in [0.1, 0.15) is 11.1 Å². The number of imide groups is 1. The Morgan fingerprint density at radius 2 is 1.68 bits per heavy atom. The number of nitrogens with one attached hydrogen (secondary N) is 2. The van der Waals surface area contributed by atoms with E-state index in [0.717, 1.165) is 34.0 Å². The lowest BCUT2D eigenvalue weighted by atomic mass is 10.0. The summed E-state index contributed by atoms with van der Waals surface area (Å²) in [4.78, 5) is 35.0. The summed E-state index contributed by atoms with van der Waals surface area (Å²) in [6, 6.07) is 24.7. The Bertz CT molecular complexity index is 1100. The third-order valence-electron chi connectivity index (χ3n) is 4.79. The molecule has 4 rings (SSSR count). The molecule has 31 heavy (non-hydrogen) atoms. The van der Waals surface area contributed by atoms with E-state index >= 15 is 0 Å². The van der Waals surface area contributed by atoms with Gasteiger partial charge in [-0.15, -0.1) is 0 Å². The fourth-order valence-corrected chi connectivity index (χ4v) is 4.10. The number of benzene rings is 3. The van der Waals surface area contributed by atoms with Gasteiger partial charge in [0.2, 0.25) is 5.91 Å². The Hall–Kier alpha value is -3.58. The standard InChI is InChI=1S/C24H20N2O4S/c27-22-21(31-24(29)26-22)14-16-9-11-18(12-10-16)19-6-4-5-17(13-19)15-25-23(28)30-20-7-2-1-3-8-20/h1-13,21H,14-15H2,(H,25,28)(H,26,27,29). The van der Waals surface area contributed by atoms with Crippen molar-refractivity contribution >= 4 is 29.0 Å². The van der Waals surface area contributed by atoms with Gasteiger partial charge in [0.25, 0.3) is 5.24 Å². The van der Waals surface area contributed by atoms with Crippen LogP contribution in [0.5, 0.6) is 5.75 Å². The Morgan fingerprint density at radius 3 is 2.39 bits per heavy atom. The summed E-state index contributed by atoms with van der Waals surface area (Å²) in [5.74, 6) is 0.261. The average molecular weight is 433 g/mol. The van der Waals surface area contributed by atoms with Crippen LogP contribution in [0.15, 0.2) is 78.9 Å². The predicted octanol–water partition coefficient (Wildman–Crippen LogP) is 4.54. The van der Waals surface area contributed by atoms with Gasteiger partial charge in [-0.25, -0.2) is 4.79 Å². The highest BCUT2D eigenvalue weighted by Crippen LogP contribution is 2.25. The van der Waals surface area contributed by atoms with Crippen LogP contribution in [0.4, 0.5) is 9.59 Å². The number of carbonyl (C=O) groups excluding carboxylic acids is 3. The highest BCUT2D eigenvalue weighted by Gasteiger charge is 2.31. The van der Waals surface area contributed by atoms with Crippen LogP contribution in [0.2, 0.25) is 0 Å². The third-order valence-corrected chi connectivity index (χ3v) is 5.77. The Kier molecular flexibility index (Phi) is 6.33. The number of hydrogen-bond donors (Lipinski definition) is 2. The smallest absolute Gasteiger partial charge is 0.410 e. The van der Waals surface area contributed by atoms with Gasteiger partial charge in [0.1, 0.15) is 5.75 Å². The number of hydrogen-bond acceptors (Lipinski definition) is 5. The van der Waals surface area contributed by atoms with Gasteiger partial charge in [-0.1, -0.05) is 72.4 Å². The molecule has 156 valence electrons. The van der Waals surface area contributed by atoms with Crippen molar-refractivity contribution in [2.45, 2.75) is 18.2 Å². The lowest BCUT2D eigenvalue weighted by Crippen LogP contribution is -2.26. The van der Waals surface area contributed by atoms with E-state index in [1.807, 2.05) is 54.6 Å². The first-order valence-electron chi connectivity index (χ1n) is 9.77. The third kappa shape index (κ3) is 5.52. The van der Waals surface area contributed by atoms with Crippen LogP contribution < -0.4 is 15.4 Å². The van der Waals surface area contributed by atoms with Gasteiger partial charge in [-0.05, 0) is 46.9 Å². The molecule has 1 fully saturated rings. The number of thioether (sulfide) groups is 1. The normalized spacial score (nSPS) is 15.4. The van der Waals surface area contributed by atoms with E-state index in [1.165, 1.54) is 0 Å². The minimum absolute atomic E-state index is 0.231. The van der Waals surface area contributed by atoms with Crippen LogP contribution in [0.25, 0.3) is 11.1 Å². The Labute approximate surface area is 184 Å². The second-order valence-electron chi connectivity index (χ2n) is 7.04. The monoisotopic (exact) mass is 432 g/mol. The van der Waals surface area contributed by atoms with E-state index in [0.29, 0.717) is 18.7 Å². The molecule has 1 aliphatic rings. The molecule has 6 nitrogen and oxygen atoms in total. The molecule has 1 unspecified atom stereocenters. The molecule has 1 atom stereocenters. The van der Waals surface area contributed by atoms with Crippen molar-refractivity contribution in [3.63, 3.8) is 0 Å². The van der Waals surface area contributed by atoms with E-state index < -0.39 is 6.09 Å². The first-order chi connectivity index (χ1) is 15.1. The minimum Gasteiger partial charge on any atom is -0.410 e. The molecular formula is C24H20N2O4S. The van der Waals surface area contributed by atoms with Crippen molar-refractivity contribution in [1.82, 2.24) is 10.6 Å². The quantitative estimate of drug-likeness (QED) is 0.598. The van der Waals surface area contributed by atoms with Gasteiger partial charge in [0.15, 0.2) is 0 Å². The van der Waals surface area contributed by atoms with Crippen molar-refractivity contribution in [2.24, 2.45) is 0 Å². The van der Waals surface area contributed by atoms with Crippen LogP contribution in [-0.4, -0.2) is 22.5 Å². The maximum atomic E-state index is 12.0.